The fourth-order valence-electron chi connectivity index (χ4n) is 10.6. The standard InChI is InChI=1S/C60H36/c1-5-17-37(18-6-1)41-33-42(38-19-7-2-8-20-38)35-43(34-41)44-31-32-51-56-47(44)27-15-30-50(56)60-55(40-23-11-4-12-24-40)58-49-29-16-28-48-45-25-13-14-26-46(45)52(57(48)49)36-53(58)54(59(51)60)39-21-9-3-10-22-39/h1-36H. The summed E-state index contributed by atoms with van der Waals surface area (Å²) in [6, 6.07) is 81.2. The van der Waals surface area contributed by atoms with Crippen molar-refractivity contribution in [3.8, 4) is 55.6 Å². The Morgan fingerprint density at radius 1 is 0.167 bits per heavy atom. The number of hydrogen-bond acceptors (Lipinski definition) is 0. The molecule has 13 rings (SSSR count). The Hall–Kier alpha value is -7.80. The quantitative estimate of drug-likeness (QED) is 0.153. The zero-order valence-electron chi connectivity index (χ0n) is 32.8. The molecular formula is C60H36. The van der Waals surface area contributed by atoms with E-state index in [0.29, 0.717) is 0 Å². The van der Waals surface area contributed by atoms with E-state index in [4.69, 9.17) is 0 Å². The van der Waals surface area contributed by atoms with E-state index in [0.717, 1.165) is 0 Å². The lowest BCUT2D eigenvalue weighted by molar-refractivity contribution is 1.58. The minimum Gasteiger partial charge on any atom is -0.0622 e. The average Bonchev–Trinajstić information content (AvgIpc) is 3.83. The molecular weight excluding hydrogens is 721 g/mol. The van der Waals surface area contributed by atoms with Gasteiger partial charge in [-0.05, 0) is 155 Å². The molecule has 0 N–H and O–H groups in total. The van der Waals surface area contributed by atoms with Gasteiger partial charge in [-0.1, -0.05) is 194 Å². The van der Waals surface area contributed by atoms with Crippen molar-refractivity contribution in [1.29, 1.82) is 0 Å². The molecule has 0 aliphatic heterocycles. The van der Waals surface area contributed by atoms with E-state index in [9.17, 15) is 0 Å². The van der Waals surface area contributed by atoms with Gasteiger partial charge in [-0.15, -0.1) is 0 Å². The van der Waals surface area contributed by atoms with Gasteiger partial charge < -0.3 is 0 Å². The summed E-state index contributed by atoms with van der Waals surface area (Å²) in [4.78, 5) is 0. The number of rotatable bonds is 5. The lowest BCUT2D eigenvalue weighted by Crippen LogP contribution is -1.91. The molecule has 0 aromatic heterocycles. The summed E-state index contributed by atoms with van der Waals surface area (Å²) >= 11 is 0. The van der Waals surface area contributed by atoms with Gasteiger partial charge in [0, 0.05) is 0 Å². The highest BCUT2D eigenvalue weighted by atomic mass is 14.3. The zero-order valence-corrected chi connectivity index (χ0v) is 32.8. The lowest BCUT2D eigenvalue weighted by Gasteiger charge is -2.19. The Balaban J connectivity index is 1.22. The highest BCUT2D eigenvalue weighted by molar-refractivity contribution is 6.45. The molecule has 0 radical (unpaired) electrons. The predicted octanol–water partition coefficient (Wildman–Crippen LogP) is 17.0. The molecule has 0 saturated carbocycles. The van der Waals surface area contributed by atoms with Crippen molar-refractivity contribution in [3.05, 3.63) is 218 Å². The van der Waals surface area contributed by atoms with Crippen LogP contribution in [0.15, 0.2) is 218 Å². The smallest absolute Gasteiger partial charge is 0.000719 e. The van der Waals surface area contributed by atoms with Crippen LogP contribution < -0.4 is 0 Å². The highest BCUT2D eigenvalue weighted by Gasteiger charge is 2.27. The summed E-state index contributed by atoms with van der Waals surface area (Å²) in [6.07, 6.45) is 0. The fourth-order valence-corrected chi connectivity index (χ4v) is 10.6. The van der Waals surface area contributed by atoms with Gasteiger partial charge in [0.15, 0.2) is 0 Å². The Kier molecular flexibility index (Phi) is 7.11. The molecule has 13 aromatic rings. The van der Waals surface area contributed by atoms with Gasteiger partial charge in [-0.25, -0.2) is 0 Å². The van der Waals surface area contributed by atoms with Gasteiger partial charge in [0.2, 0.25) is 0 Å². The van der Waals surface area contributed by atoms with Crippen LogP contribution in [0.2, 0.25) is 0 Å². The molecule has 0 aliphatic carbocycles. The first-order valence-electron chi connectivity index (χ1n) is 20.9. The van der Waals surface area contributed by atoms with Crippen LogP contribution in [-0.4, -0.2) is 0 Å². The molecule has 0 aliphatic rings. The normalized spacial score (nSPS) is 12.0. The maximum absolute atomic E-state index is 2.52. The average molecular weight is 757 g/mol. The summed E-state index contributed by atoms with van der Waals surface area (Å²) in [5, 5.41) is 18.4. The zero-order chi connectivity index (χ0) is 39.3. The summed E-state index contributed by atoms with van der Waals surface area (Å²) in [5.74, 6) is 0. The van der Waals surface area contributed by atoms with Crippen molar-refractivity contribution in [2.45, 2.75) is 0 Å². The molecule has 0 spiro atoms. The van der Waals surface area contributed by atoms with Crippen LogP contribution in [0.5, 0.6) is 0 Å². The van der Waals surface area contributed by atoms with Crippen LogP contribution in [0.1, 0.15) is 0 Å². The minimum atomic E-state index is 1.21. The van der Waals surface area contributed by atoms with Gasteiger partial charge in [-0.2, -0.15) is 0 Å². The van der Waals surface area contributed by atoms with Gasteiger partial charge in [0.05, 0.1) is 0 Å². The molecule has 0 atom stereocenters. The van der Waals surface area contributed by atoms with Crippen LogP contribution >= 0.6 is 0 Å². The fraction of sp³-hybridized carbons (Fsp3) is 0. The maximum atomic E-state index is 2.52. The molecule has 0 fully saturated rings. The SMILES string of the molecule is c1ccc(-c2cc(-c3ccccc3)cc(-c3ccc4c5c(-c6ccccc6)c6cc7c8ccccc8c8cccc(c6c(-c6ccccc6)c5c5cccc3c45)c87)c2)cc1. The van der Waals surface area contributed by atoms with E-state index in [1.165, 1.54) is 131 Å². The maximum Gasteiger partial charge on any atom is -0.000719 e. The van der Waals surface area contributed by atoms with Gasteiger partial charge in [0.1, 0.15) is 0 Å². The lowest BCUT2D eigenvalue weighted by atomic mass is 9.84. The van der Waals surface area contributed by atoms with Crippen molar-refractivity contribution >= 4 is 75.4 Å². The molecule has 0 bridgehead atoms. The summed E-state index contributed by atoms with van der Waals surface area (Å²) < 4.78 is 0. The van der Waals surface area contributed by atoms with Crippen molar-refractivity contribution in [2.75, 3.05) is 0 Å². The van der Waals surface area contributed by atoms with E-state index in [1.807, 2.05) is 0 Å². The van der Waals surface area contributed by atoms with Crippen molar-refractivity contribution in [3.63, 3.8) is 0 Å². The molecule has 60 heavy (non-hydrogen) atoms. The van der Waals surface area contributed by atoms with Gasteiger partial charge in [0.25, 0.3) is 0 Å². The van der Waals surface area contributed by atoms with Crippen LogP contribution in [0.25, 0.3) is 131 Å². The Morgan fingerprint density at radius 3 is 1.20 bits per heavy atom. The van der Waals surface area contributed by atoms with E-state index < -0.39 is 0 Å². The first-order valence-corrected chi connectivity index (χ1v) is 20.9. The van der Waals surface area contributed by atoms with Crippen molar-refractivity contribution in [2.24, 2.45) is 0 Å². The van der Waals surface area contributed by atoms with Crippen LogP contribution in [0.4, 0.5) is 0 Å². The van der Waals surface area contributed by atoms with E-state index >= 15 is 0 Å². The highest BCUT2D eigenvalue weighted by Crippen LogP contribution is 2.55. The topological polar surface area (TPSA) is 0 Å². The number of hydrogen-bond donors (Lipinski definition) is 0. The van der Waals surface area contributed by atoms with Crippen LogP contribution in [0.3, 0.4) is 0 Å². The predicted molar refractivity (Wildman–Crippen MR) is 259 cm³/mol. The summed E-state index contributed by atoms with van der Waals surface area (Å²) in [7, 11) is 0. The van der Waals surface area contributed by atoms with E-state index in [1.54, 1.807) is 0 Å². The molecule has 0 saturated heterocycles. The second kappa shape index (κ2) is 12.9. The second-order valence-corrected chi connectivity index (χ2v) is 16.3. The second-order valence-electron chi connectivity index (χ2n) is 16.3. The molecule has 0 unspecified atom stereocenters. The monoisotopic (exact) mass is 756 g/mol. The molecule has 0 heterocycles. The number of fused-ring (bicyclic) bond motifs is 8. The molecule has 13 aromatic carbocycles. The first kappa shape index (κ1) is 33.2. The van der Waals surface area contributed by atoms with Crippen LogP contribution in [-0.2, 0) is 0 Å². The van der Waals surface area contributed by atoms with E-state index in [2.05, 4.69) is 218 Å². The van der Waals surface area contributed by atoms with Crippen LogP contribution in [0, 0.1) is 0 Å². The van der Waals surface area contributed by atoms with Gasteiger partial charge in [-0.3, -0.25) is 0 Å². The molecule has 0 heteroatoms. The molecule has 276 valence electrons. The minimum absolute atomic E-state index is 1.21. The third-order valence-electron chi connectivity index (χ3n) is 13.1. The summed E-state index contributed by atoms with van der Waals surface area (Å²) in [5.41, 5.74) is 12.4. The Labute approximate surface area is 347 Å². The number of benzene rings is 11. The largest absolute Gasteiger partial charge is 0.0622 e. The third kappa shape index (κ3) is 4.73. The Bertz CT molecular complexity index is 3710. The molecule has 0 amide bonds. The van der Waals surface area contributed by atoms with E-state index in [-0.39, 0.29) is 0 Å². The first-order chi connectivity index (χ1) is 29.8. The van der Waals surface area contributed by atoms with Crippen molar-refractivity contribution in [1.82, 2.24) is 0 Å². The third-order valence-corrected chi connectivity index (χ3v) is 13.1. The van der Waals surface area contributed by atoms with Gasteiger partial charge >= 0.3 is 0 Å². The summed E-state index contributed by atoms with van der Waals surface area (Å²) in [6.45, 7) is 0. The molecule has 0 nitrogen and oxygen atoms in total. The van der Waals surface area contributed by atoms with Crippen molar-refractivity contribution < 1.29 is 0 Å². The Morgan fingerprint density at radius 2 is 0.583 bits per heavy atom.